The summed E-state index contributed by atoms with van der Waals surface area (Å²) in [6.45, 7) is 1.90. The van der Waals surface area contributed by atoms with Crippen molar-refractivity contribution in [1.29, 1.82) is 0 Å². The van der Waals surface area contributed by atoms with Gasteiger partial charge in [0.2, 0.25) is 5.91 Å². The summed E-state index contributed by atoms with van der Waals surface area (Å²) in [6, 6.07) is 13.4. The quantitative estimate of drug-likeness (QED) is 0.822. The third-order valence-electron chi connectivity index (χ3n) is 5.56. The van der Waals surface area contributed by atoms with E-state index in [1.807, 2.05) is 47.4 Å². The van der Waals surface area contributed by atoms with Gasteiger partial charge in [0.05, 0.1) is 19.6 Å². The maximum atomic E-state index is 13.5. The third-order valence-corrected chi connectivity index (χ3v) is 5.56. The molecule has 28 heavy (non-hydrogen) atoms. The molecule has 146 valence electrons. The predicted octanol–water partition coefficient (Wildman–Crippen LogP) is 2.44. The summed E-state index contributed by atoms with van der Waals surface area (Å²) in [4.78, 5) is 34.0. The average molecular weight is 379 g/mol. The Morgan fingerprint density at radius 2 is 1.86 bits per heavy atom. The molecule has 2 amide bonds. The van der Waals surface area contributed by atoms with E-state index in [0.717, 1.165) is 24.1 Å². The van der Waals surface area contributed by atoms with Crippen molar-refractivity contribution < 1.29 is 14.3 Å². The molecule has 2 aliphatic heterocycles. The van der Waals surface area contributed by atoms with E-state index in [2.05, 4.69) is 4.98 Å². The lowest BCUT2D eigenvalue weighted by Crippen LogP contribution is -2.61. The van der Waals surface area contributed by atoms with Gasteiger partial charge >= 0.3 is 0 Å². The van der Waals surface area contributed by atoms with Gasteiger partial charge in [-0.25, -0.2) is 0 Å². The molecule has 1 aromatic heterocycles. The summed E-state index contributed by atoms with van der Waals surface area (Å²) in [7, 11) is 0. The van der Waals surface area contributed by atoms with Gasteiger partial charge in [0.25, 0.3) is 5.91 Å². The van der Waals surface area contributed by atoms with Gasteiger partial charge in [-0.2, -0.15) is 0 Å². The molecule has 1 aromatic carbocycles. The van der Waals surface area contributed by atoms with Crippen molar-refractivity contribution in [1.82, 2.24) is 9.88 Å². The molecule has 4 rings (SSSR count). The minimum atomic E-state index is -0.946. The van der Waals surface area contributed by atoms with Crippen LogP contribution in [0.15, 0.2) is 54.9 Å². The molecule has 1 atom stereocenters. The van der Waals surface area contributed by atoms with E-state index in [4.69, 9.17) is 4.74 Å². The standard InChI is InChI=1S/C22H25N3O3/c26-20(16-18-8-11-23-12-9-18)24-14-15-28-22(17-24)10-4-5-13-25(21(22)27)19-6-2-1-3-7-19/h1-3,6-9,11-12H,4-5,10,13-17H2. The van der Waals surface area contributed by atoms with Gasteiger partial charge in [-0.15, -0.1) is 0 Å². The zero-order valence-corrected chi connectivity index (χ0v) is 15.9. The minimum absolute atomic E-state index is 0.0252. The highest BCUT2D eigenvalue weighted by molar-refractivity contribution is 6.00. The third kappa shape index (κ3) is 3.78. The summed E-state index contributed by atoms with van der Waals surface area (Å²) >= 11 is 0. The Labute approximate surface area is 165 Å². The fourth-order valence-corrected chi connectivity index (χ4v) is 4.05. The van der Waals surface area contributed by atoms with Gasteiger partial charge < -0.3 is 14.5 Å². The van der Waals surface area contributed by atoms with E-state index in [9.17, 15) is 9.59 Å². The van der Waals surface area contributed by atoms with Crippen molar-refractivity contribution in [3.05, 3.63) is 60.4 Å². The van der Waals surface area contributed by atoms with Crippen LogP contribution in [-0.2, 0) is 20.7 Å². The Bertz CT molecular complexity index is 827. The Morgan fingerprint density at radius 3 is 2.64 bits per heavy atom. The van der Waals surface area contributed by atoms with E-state index < -0.39 is 5.60 Å². The summed E-state index contributed by atoms with van der Waals surface area (Å²) in [5.41, 5.74) is 0.870. The Morgan fingerprint density at radius 1 is 1.07 bits per heavy atom. The Kier molecular flexibility index (Phi) is 5.39. The number of carbonyl (C=O) groups is 2. The molecule has 1 spiro atoms. The van der Waals surface area contributed by atoms with E-state index in [0.29, 0.717) is 39.1 Å². The average Bonchev–Trinajstić information content (AvgIpc) is 2.89. The molecule has 0 N–H and O–H groups in total. The largest absolute Gasteiger partial charge is 0.361 e. The number of aromatic nitrogens is 1. The van der Waals surface area contributed by atoms with Crippen molar-refractivity contribution in [2.45, 2.75) is 31.3 Å². The molecule has 6 nitrogen and oxygen atoms in total. The zero-order valence-electron chi connectivity index (χ0n) is 15.9. The summed E-state index contributed by atoms with van der Waals surface area (Å²) in [5, 5.41) is 0. The molecule has 0 aliphatic carbocycles. The monoisotopic (exact) mass is 379 g/mol. The number of nitrogens with zero attached hydrogens (tertiary/aromatic N) is 3. The van der Waals surface area contributed by atoms with Crippen molar-refractivity contribution in [3.8, 4) is 0 Å². The molecule has 0 saturated carbocycles. The number of rotatable bonds is 3. The zero-order chi connectivity index (χ0) is 19.4. The molecule has 0 radical (unpaired) electrons. The van der Waals surface area contributed by atoms with Crippen LogP contribution in [-0.4, -0.2) is 53.5 Å². The van der Waals surface area contributed by atoms with Gasteiger partial charge in [0.1, 0.15) is 0 Å². The van der Waals surface area contributed by atoms with Gasteiger partial charge in [-0.3, -0.25) is 14.6 Å². The molecule has 2 aliphatic rings. The van der Waals surface area contributed by atoms with Crippen molar-refractivity contribution in [2.75, 3.05) is 31.1 Å². The molecule has 1 unspecified atom stereocenters. The minimum Gasteiger partial charge on any atom is -0.361 e. The molecule has 2 saturated heterocycles. The highest BCUT2D eigenvalue weighted by Gasteiger charge is 2.48. The first-order valence-electron chi connectivity index (χ1n) is 9.86. The Balaban J connectivity index is 1.53. The Hall–Kier alpha value is -2.73. The van der Waals surface area contributed by atoms with Gasteiger partial charge in [-0.1, -0.05) is 18.2 Å². The molecular weight excluding hydrogens is 354 g/mol. The van der Waals surface area contributed by atoms with Crippen LogP contribution in [0.25, 0.3) is 0 Å². The maximum absolute atomic E-state index is 13.5. The number of hydrogen-bond acceptors (Lipinski definition) is 4. The van der Waals surface area contributed by atoms with Crippen LogP contribution in [0.2, 0.25) is 0 Å². The number of benzene rings is 1. The maximum Gasteiger partial charge on any atom is 0.261 e. The molecule has 2 fully saturated rings. The first kappa shape index (κ1) is 18.6. The topological polar surface area (TPSA) is 62.7 Å². The summed E-state index contributed by atoms with van der Waals surface area (Å²) in [5.74, 6) is -0.00482. The van der Waals surface area contributed by atoms with Gasteiger partial charge in [0.15, 0.2) is 5.60 Å². The lowest BCUT2D eigenvalue weighted by molar-refractivity contribution is -0.164. The number of morpholine rings is 1. The number of carbonyl (C=O) groups excluding carboxylic acids is 2. The number of hydrogen-bond donors (Lipinski definition) is 0. The second kappa shape index (κ2) is 8.10. The molecule has 6 heteroatoms. The van der Waals surface area contributed by atoms with Crippen LogP contribution in [0, 0.1) is 0 Å². The van der Waals surface area contributed by atoms with Crippen LogP contribution >= 0.6 is 0 Å². The van der Waals surface area contributed by atoms with Crippen LogP contribution in [0.5, 0.6) is 0 Å². The second-order valence-corrected chi connectivity index (χ2v) is 7.44. The summed E-state index contributed by atoms with van der Waals surface area (Å²) < 4.78 is 6.09. The predicted molar refractivity (Wildman–Crippen MR) is 106 cm³/mol. The highest BCUT2D eigenvalue weighted by Crippen LogP contribution is 2.32. The van der Waals surface area contributed by atoms with Crippen LogP contribution < -0.4 is 4.90 Å². The number of amides is 2. The highest BCUT2D eigenvalue weighted by atomic mass is 16.5. The van der Waals surface area contributed by atoms with E-state index in [-0.39, 0.29) is 11.8 Å². The van der Waals surface area contributed by atoms with Crippen molar-refractivity contribution in [3.63, 3.8) is 0 Å². The second-order valence-electron chi connectivity index (χ2n) is 7.44. The van der Waals surface area contributed by atoms with E-state index in [1.54, 1.807) is 17.3 Å². The number of pyridine rings is 1. The van der Waals surface area contributed by atoms with Crippen LogP contribution in [0.1, 0.15) is 24.8 Å². The lowest BCUT2D eigenvalue weighted by atomic mass is 9.93. The molecular formula is C22H25N3O3. The summed E-state index contributed by atoms with van der Waals surface area (Å²) in [6.07, 6.45) is 6.17. The number of anilines is 1. The van der Waals surface area contributed by atoms with Crippen LogP contribution in [0.3, 0.4) is 0 Å². The molecule has 3 heterocycles. The first-order chi connectivity index (χ1) is 13.7. The van der Waals surface area contributed by atoms with E-state index >= 15 is 0 Å². The fourth-order valence-electron chi connectivity index (χ4n) is 4.05. The van der Waals surface area contributed by atoms with Gasteiger partial charge in [0, 0.05) is 31.2 Å². The first-order valence-corrected chi connectivity index (χ1v) is 9.86. The normalized spacial score (nSPS) is 22.9. The fraction of sp³-hybridized carbons (Fsp3) is 0.409. The van der Waals surface area contributed by atoms with Gasteiger partial charge in [-0.05, 0) is 49.1 Å². The number of para-hydroxylation sites is 1. The lowest BCUT2D eigenvalue weighted by Gasteiger charge is -2.42. The molecule has 2 aromatic rings. The van der Waals surface area contributed by atoms with Crippen molar-refractivity contribution >= 4 is 17.5 Å². The smallest absolute Gasteiger partial charge is 0.261 e. The van der Waals surface area contributed by atoms with Crippen LogP contribution in [0.4, 0.5) is 5.69 Å². The number of ether oxygens (including phenoxy) is 1. The van der Waals surface area contributed by atoms with Crippen molar-refractivity contribution in [2.24, 2.45) is 0 Å². The molecule has 0 bridgehead atoms. The van der Waals surface area contributed by atoms with E-state index in [1.165, 1.54) is 0 Å². The SMILES string of the molecule is O=C(Cc1ccncc1)N1CCOC2(CCCCN(c3ccccc3)C2=O)C1.